The van der Waals surface area contributed by atoms with Gasteiger partial charge >= 0.3 is 0 Å². The van der Waals surface area contributed by atoms with Crippen LogP contribution in [0, 0.1) is 5.82 Å². The smallest absolute Gasteiger partial charge is 0.249 e. The Morgan fingerprint density at radius 1 is 0.973 bits per heavy atom. The monoisotopic (exact) mass is 500 g/mol. The Labute approximate surface area is 215 Å². The van der Waals surface area contributed by atoms with Crippen LogP contribution in [0.15, 0.2) is 91.0 Å². The standard InChI is InChI=1S/C29H29FN4O3/c1-21(2)33(29(36)20-37-19-22-9-5-3-6-10-22)18-28(35)31-27-17-26(23-11-7-4-8-12-23)32-34(27)25-15-13-24(30)14-16-25/h3-17,21H,18-20H2,1-2H3,(H,31,35). The number of carbonyl (C=O) groups excluding carboxylic acids is 2. The van der Waals surface area contributed by atoms with E-state index in [1.807, 2.05) is 74.5 Å². The lowest BCUT2D eigenvalue weighted by atomic mass is 10.1. The first-order valence-electron chi connectivity index (χ1n) is 12.0. The van der Waals surface area contributed by atoms with Gasteiger partial charge in [0.1, 0.15) is 24.8 Å². The lowest BCUT2D eigenvalue weighted by Crippen LogP contribution is -2.44. The Morgan fingerprint density at radius 2 is 1.62 bits per heavy atom. The summed E-state index contributed by atoms with van der Waals surface area (Å²) < 4.78 is 20.6. The van der Waals surface area contributed by atoms with E-state index in [0.717, 1.165) is 11.1 Å². The topological polar surface area (TPSA) is 76.5 Å². The van der Waals surface area contributed by atoms with Crippen LogP contribution in [0.25, 0.3) is 16.9 Å². The summed E-state index contributed by atoms with van der Waals surface area (Å²) >= 11 is 0. The first kappa shape index (κ1) is 25.8. The fourth-order valence-electron chi connectivity index (χ4n) is 3.81. The van der Waals surface area contributed by atoms with E-state index in [1.54, 1.807) is 22.9 Å². The zero-order chi connectivity index (χ0) is 26.2. The van der Waals surface area contributed by atoms with Gasteiger partial charge in [-0.25, -0.2) is 9.07 Å². The number of halogens is 1. The molecule has 0 saturated carbocycles. The van der Waals surface area contributed by atoms with Crippen molar-refractivity contribution < 1.29 is 18.7 Å². The van der Waals surface area contributed by atoms with E-state index in [2.05, 4.69) is 10.4 Å². The van der Waals surface area contributed by atoms with Crippen molar-refractivity contribution >= 4 is 17.6 Å². The third-order valence-electron chi connectivity index (χ3n) is 5.71. The van der Waals surface area contributed by atoms with Crippen LogP contribution in [0.3, 0.4) is 0 Å². The second-order valence-corrected chi connectivity index (χ2v) is 8.81. The van der Waals surface area contributed by atoms with E-state index in [4.69, 9.17) is 4.74 Å². The Morgan fingerprint density at radius 3 is 2.27 bits per heavy atom. The fourth-order valence-corrected chi connectivity index (χ4v) is 3.81. The molecule has 1 aromatic heterocycles. The molecule has 0 saturated heterocycles. The normalized spacial score (nSPS) is 10.9. The average molecular weight is 501 g/mol. The van der Waals surface area contributed by atoms with E-state index in [9.17, 15) is 14.0 Å². The lowest BCUT2D eigenvalue weighted by Gasteiger charge is -2.26. The molecule has 37 heavy (non-hydrogen) atoms. The van der Waals surface area contributed by atoms with Crippen molar-refractivity contribution in [2.45, 2.75) is 26.5 Å². The molecular weight excluding hydrogens is 471 g/mol. The average Bonchev–Trinajstić information content (AvgIpc) is 3.32. The molecule has 0 spiro atoms. The molecular formula is C29H29FN4O3. The molecule has 1 heterocycles. The van der Waals surface area contributed by atoms with Crippen LogP contribution in [0.1, 0.15) is 19.4 Å². The third kappa shape index (κ3) is 6.89. The first-order chi connectivity index (χ1) is 17.9. The van der Waals surface area contributed by atoms with Crippen molar-refractivity contribution in [1.82, 2.24) is 14.7 Å². The first-order valence-corrected chi connectivity index (χ1v) is 12.0. The largest absolute Gasteiger partial charge is 0.367 e. The number of hydrogen-bond acceptors (Lipinski definition) is 4. The van der Waals surface area contributed by atoms with Crippen LogP contribution in [0.4, 0.5) is 10.2 Å². The molecule has 0 fully saturated rings. The molecule has 2 amide bonds. The van der Waals surface area contributed by atoms with E-state index in [1.165, 1.54) is 17.0 Å². The fraction of sp³-hybridized carbons (Fsp3) is 0.207. The van der Waals surface area contributed by atoms with Gasteiger partial charge in [0.05, 0.1) is 18.0 Å². The summed E-state index contributed by atoms with van der Waals surface area (Å²) in [5, 5.41) is 7.50. The van der Waals surface area contributed by atoms with Crippen LogP contribution in [0.2, 0.25) is 0 Å². The molecule has 0 aliphatic carbocycles. The van der Waals surface area contributed by atoms with Crippen LogP contribution >= 0.6 is 0 Å². The lowest BCUT2D eigenvalue weighted by molar-refractivity contribution is -0.141. The summed E-state index contributed by atoms with van der Waals surface area (Å²) in [7, 11) is 0. The number of aromatic nitrogens is 2. The number of nitrogens with zero attached hydrogens (tertiary/aromatic N) is 3. The quantitative estimate of drug-likeness (QED) is 0.330. The third-order valence-corrected chi connectivity index (χ3v) is 5.71. The minimum Gasteiger partial charge on any atom is -0.367 e. The van der Waals surface area contributed by atoms with Crippen LogP contribution in [-0.2, 0) is 20.9 Å². The number of hydrogen-bond donors (Lipinski definition) is 1. The molecule has 7 nitrogen and oxygen atoms in total. The summed E-state index contributed by atoms with van der Waals surface area (Å²) in [4.78, 5) is 27.4. The Balaban J connectivity index is 1.47. The summed E-state index contributed by atoms with van der Waals surface area (Å²) in [6.45, 7) is 3.72. The van der Waals surface area contributed by atoms with Crippen LogP contribution in [0.5, 0.6) is 0 Å². The second-order valence-electron chi connectivity index (χ2n) is 8.81. The highest BCUT2D eigenvalue weighted by Gasteiger charge is 2.22. The number of rotatable bonds is 10. The Kier molecular flexibility index (Phi) is 8.43. The number of nitrogens with one attached hydrogen (secondary N) is 1. The predicted molar refractivity (Wildman–Crippen MR) is 141 cm³/mol. The maximum absolute atomic E-state index is 13.5. The van der Waals surface area contributed by atoms with Gasteiger partial charge in [-0.2, -0.15) is 5.10 Å². The van der Waals surface area contributed by atoms with Gasteiger partial charge in [-0.1, -0.05) is 60.7 Å². The van der Waals surface area contributed by atoms with E-state index in [0.29, 0.717) is 23.8 Å². The van der Waals surface area contributed by atoms with Crippen molar-refractivity contribution in [3.8, 4) is 16.9 Å². The molecule has 4 aromatic rings. The molecule has 0 aliphatic heterocycles. The second kappa shape index (κ2) is 12.1. The van der Waals surface area contributed by atoms with Crippen molar-refractivity contribution in [3.05, 3.63) is 102 Å². The molecule has 3 aromatic carbocycles. The zero-order valence-electron chi connectivity index (χ0n) is 20.8. The Hall–Kier alpha value is -4.30. The minimum atomic E-state index is -0.381. The molecule has 190 valence electrons. The molecule has 0 aliphatic rings. The highest BCUT2D eigenvalue weighted by molar-refractivity contribution is 5.94. The van der Waals surface area contributed by atoms with Gasteiger partial charge in [0.25, 0.3) is 0 Å². The molecule has 0 atom stereocenters. The van der Waals surface area contributed by atoms with Crippen molar-refractivity contribution in [3.63, 3.8) is 0 Å². The van der Waals surface area contributed by atoms with Gasteiger partial charge in [-0.15, -0.1) is 0 Å². The maximum atomic E-state index is 13.5. The van der Waals surface area contributed by atoms with Gasteiger partial charge < -0.3 is 15.0 Å². The van der Waals surface area contributed by atoms with Gasteiger partial charge in [-0.05, 0) is 43.7 Å². The molecule has 4 rings (SSSR count). The number of anilines is 1. The van der Waals surface area contributed by atoms with Crippen LogP contribution in [-0.4, -0.2) is 45.7 Å². The summed E-state index contributed by atoms with van der Waals surface area (Å²) in [6.07, 6.45) is 0. The van der Waals surface area contributed by atoms with Crippen molar-refractivity contribution in [1.29, 1.82) is 0 Å². The summed E-state index contributed by atoms with van der Waals surface area (Å²) in [5.74, 6) is -0.622. The molecule has 8 heteroatoms. The number of carbonyl (C=O) groups is 2. The van der Waals surface area contributed by atoms with E-state index < -0.39 is 0 Å². The molecule has 0 bridgehead atoms. The van der Waals surface area contributed by atoms with Gasteiger partial charge in [-0.3, -0.25) is 9.59 Å². The number of ether oxygens (including phenoxy) is 1. The Bertz CT molecular complexity index is 1320. The van der Waals surface area contributed by atoms with Crippen LogP contribution < -0.4 is 5.32 Å². The SMILES string of the molecule is CC(C)N(CC(=O)Nc1cc(-c2ccccc2)nn1-c1ccc(F)cc1)C(=O)COCc1ccccc1. The number of amides is 2. The van der Waals surface area contributed by atoms with Gasteiger partial charge in [0.2, 0.25) is 11.8 Å². The summed E-state index contributed by atoms with van der Waals surface area (Å²) in [6, 6.07) is 26.5. The minimum absolute atomic E-state index is 0.133. The maximum Gasteiger partial charge on any atom is 0.249 e. The van der Waals surface area contributed by atoms with E-state index >= 15 is 0 Å². The van der Waals surface area contributed by atoms with Crippen molar-refractivity contribution in [2.75, 3.05) is 18.5 Å². The van der Waals surface area contributed by atoms with Gasteiger partial charge in [0, 0.05) is 17.7 Å². The van der Waals surface area contributed by atoms with Gasteiger partial charge in [0.15, 0.2) is 0 Å². The van der Waals surface area contributed by atoms with E-state index in [-0.39, 0.29) is 36.8 Å². The predicted octanol–water partition coefficient (Wildman–Crippen LogP) is 5.07. The molecule has 0 unspecified atom stereocenters. The zero-order valence-corrected chi connectivity index (χ0v) is 20.8. The number of benzene rings is 3. The van der Waals surface area contributed by atoms with Crippen molar-refractivity contribution in [2.24, 2.45) is 0 Å². The molecule has 1 N–H and O–H groups in total. The highest BCUT2D eigenvalue weighted by Crippen LogP contribution is 2.25. The summed E-state index contributed by atoms with van der Waals surface area (Å²) in [5.41, 5.74) is 3.07. The molecule has 0 radical (unpaired) electrons. The highest BCUT2D eigenvalue weighted by atomic mass is 19.1.